The van der Waals surface area contributed by atoms with E-state index in [-0.39, 0.29) is 10.9 Å². The number of hydrogen-bond acceptors (Lipinski definition) is 5. The second-order valence-electron chi connectivity index (χ2n) is 5.45. The lowest BCUT2D eigenvalue weighted by Crippen LogP contribution is -2.22. The third-order valence-electron chi connectivity index (χ3n) is 3.93. The fourth-order valence-electron chi connectivity index (χ4n) is 2.44. The van der Waals surface area contributed by atoms with Crippen molar-refractivity contribution in [2.75, 3.05) is 30.4 Å². The van der Waals surface area contributed by atoms with Crippen LogP contribution in [0.15, 0.2) is 39.8 Å². The number of hydrogen-bond donors (Lipinski definition) is 2. The van der Waals surface area contributed by atoms with Gasteiger partial charge in [0.2, 0.25) is 5.09 Å². The Hall–Kier alpha value is -2.32. The van der Waals surface area contributed by atoms with Crippen molar-refractivity contribution >= 4 is 27.3 Å². The van der Waals surface area contributed by atoms with Crippen LogP contribution in [0.2, 0.25) is 0 Å². The lowest BCUT2D eigenvalue weighted by atomic mass is 10.1. The van der Waals surface area contributed by atoms with Gasteiger partial charge in [0.15, 0.2) is 5.76 Å². The van der Waals surface area contributed by atoms with Crippen LogP contribution in [0.25, 0.3) is 0 Å². The van der Waals surface area contributed by atoms with Gasteiger partial charge in [-0.15, -0.1) is 0 Å². The molecule has 1 amide bonds. The summed E-state index contributed by atoms with van der Waals surface area (Å²) in [5.74, 6) is -0.572. The SMILES string of the molecule is CCN(CC)c1ccc(NC(=O)c2ccc(S(=O)(=O)NC)o2)c(C)c1. The Labute approximate surface area is 148 Å². The molecule has 0 radical (unpaired) electrons. The topological polar surface area (TPSA) is 91.7 Å². The van der Waals surface area contributed by atoms with Crippen LogP contribution < -0.4 is 14.9 Å². The van der Waals surface area contributed by atoms with Crippen LogP contribution >= 0.6 is 0 Å². The highest BCUT2D eigenvalue weighted by Gasteiger charge is 2.20. The third kappa shape index (κ3) is 4.21. The number of carbonyl (C=O) groups is 1. The summed E-state index contributed by atoms with van der Waals surface area (Å²) in [6.07, 6.45) is 0. The largest absolute Gasteiger partial charge is 0.438 e. The Kier molecular flexibility index (Phi) is 5.86. The van der Waals surface area contributed by atoms with Gasteiger partial charge in [0, 0.05) is 24.5 Å². The first-order chi connectivity index (χ1) is 11.8. The Morgan fingerprint density at radius 1 is 1.16 bits per heavy atom. The average molecular weight is 365 g/mol. The molecule has 2 rings (SSSR count). The second kappa shape index (κ2) is 7.71. The Morgan fingerprint density at radius 2 is 1.84 bits per heavy atom. The van der Waals surface area contributed by atoms with E-state index < -0.39 is 15.9 Å². The van der Waals surface area contributed by atoms with Crippen LogP contribution in [0.4, 0.5) is 11.4 Å². The molecule has 136 valence electrons. The molecule has 0 aliphatic carbocycles. The third-order valence-corrected chi connectivity index (χ3v) is 5.21. The zero-order valence-corrected chi connectivity index (χ0v) is 15.6. The van der Waals surface area contributed by atoms with E-state index in [0.717, 1.165) is 24.3 Å². The van der Waals surface area contributed by atoms with Gasteiger partial charge in [-0.2, -0.15) is 0 Å². The molecule has 0 fully saturated rings. The van der Waals surface area contributed by atoms with Gasteiger partial charge in [0.25, 0.3) is 15.9 Å². The van der Waals surface area contributed by atoms with Crippen LogP contribution in [-0.2, 0) is 10.0 Å². The standard InChI is InChI=1S/C17H23N3O4S/c1-5-20(6-2)13-7-8-14(12(3)11-13)19-17(21)15-9-10-16(24-15)25(22,23)18-4/h7-11,18H,5-6H2,1-4H3,(H,19,21). The summed E-state index contributed by atoms with van der Waals surface area (Å²) in [6, 6.07) is 8.35. The van der Waals surface area contributed by atoms with E-state index in [9.17, 15) is 13.2 Å². The van der Waals surface area contributed by atoms with E-state index in [0.29, 0.717) is 5.69 Å². The van der Waals surface area contributed by atoms with Crippen LogP contribution in [0.3, 0.4) is 0 Å². The van der Waals surface area contributed by atoms with Crippen LogP contribution in [0, 0.1) is 6.92 Å². The summed E-state index contributed by atoms with van der Waals surface area (Å²) < 4.78 is 30.6. The molecule has 0 aliphatic rings. The Bertz CT molecular complexity index is 855. The average Bonchev–Trinajstić information content (AvgIpc) is 3.09. The van der Waals surface area contributed by atoms with E-state index in [1.54, 1.807) is 0 Å². The molecule has 0 spiro atoms. The van der Waals surface area contributed by atoms with Gasteiger partial charge in [0.05, 0.1) is 0 Å². The zero-order valence-electron chi connectivity index (χ0n) is 14.8. The predicted molar refractivity (Wildman–Crippen MR) is 97.6 cm³/mol. The lowest BCUT2D eigenvalue weighted by Gasteiger charge is -2.22. The predicted octanol–water partition coefficient (Wildman–Crippen LogP) is 2.59. The number of furan rings is 1. The molecule has 7 nitrogen and oxygen atoms in total. The normalized spacial score (nSPS) is 11.4. The fraction of sp³-hybridized carbons (Fsp3) is 0.353. The Balaban J connectivity index is 2.18. The van der Waals surface area contributed by atoms with E-state index in [4.69, 9.17) is 4.42 Å². The van der Waals surface area contributed by atoms with Gasteiger partial charge in [0.1, 0.15) is 0 Å². The molecule has 1 aromatic heterocycles. The van der Waals surface area contributed by atoms with Gasteiger partial charge in [-0.05, 0) is 63.7 Å². The molecule has 0 aliphatic heterocycles. The molecule has 0 saturated carbocycles. The molecule has 0 bridgehead atoms. The van der Waals surface area contributed by atoms with E-state index in [1.807, 2.05) is 25.1 Å². The van der Waals surface area contributed by atoms with Crippen LogP contribution in [0.5, 0.6) is 0 Å². The summed E-state index contributed by atoms with van der Waals surface area (Å²) in [4.78, 5) is 14.5. The molecule has 0 saturated heterocycles. The number of anilines is 2. The van der Waals surface area contributed by atoms with Crippen molar-refractivity contribution in [2.45, 2.75) is 25.9 Å². The molecule has 2 N–H and O–H groups in total. The maximum atomic E-state index is 12.3. The second-order valence-corrected chi connectivity index (χ2v) is 7.27. The quantitative estimate of drug-likeness (QED) is 0.787. The highest BCUT2D eigenvalue weighted by Crippen LogP contribution is 2.23. The number of aryl methyl sites for hydroxylation is 1. The van der Waals surface area contributed by atoms with Crippen LogP contribution in [-0.4, -0.2) is 34.5 Å². The van der Waals surface area contributed by atoms with E-state index in [2.05, 4.69) is 28.8 Å². The van der Waals surface area contributed by atoms with Crippen LogP contribution in [0.1, 0.15) is 30.0 Å². The first kappa shape index (κ1) is 19.0. The van der Waals surface area contributed by atoms with Gasteiger partial charge in [-0.25, -0.2) is 13.1 Å². The first-order valence-electron chi connectivity index (χ1n) is 8.02. The number of benzene rings is 1. The number of rotatable bonds is 7. The maximum Gasteiger partial charge on any atom is 0.291 e. The highest BCUT2D eigenvalue weighted by molar-refractivity contribution is 7.89. The summed E-state index contributed by atoms with van der Waals surface area (Å²) in [6.45, 7) is 7.87. The highest BCUT2D eigenvalue weighted by atomic mass is 32.2. The zero-order chi connectivity index (χ0) is 18.6. The van der Waals surface area contributed by atoms with Crippen molar-refractivity contribution in [2.24, 2.45) is 0 Å². The number of amides is 1. The summed E-state index contributed by atoms with van der Waals surface area (Å²) in [5, 5.41) is 2.45. The molecule has 0 unspecified atom stereocenters. The number of nitrogens with zero attached hydrogens (tertiary/aromatic N) is 1. The molecule has 2 aromatic rings. The van der Waals surface area contributed by atoms with Crippen molar-refractivity contribution in [1.29, 1.82) is 0 Å². The van der Waals surface area contributed by atoms with Gasteiger partial charge in [-0.3, -0.25) is 4.79 Å². The van der Waals surface area contributed by atoms with Gasteiger partial charge >= 0.3 is 0 Å². The molecular formula is C17H23N3O4S. The van der Waals surface area contributed by atoms with Crippen molar-refractivity contribution in [3.05, 3.63) is 41.7 Å². The molecule has 1 aromatic carbocycles. The van der Waals surface area contributed by atoms with Crippen molar-refractivity contribution in [1.82, 2.24) is 4.72 Å². The molecule has 8 heteroatoms. The molecule has 1 heterocycles. The fourth-order valence-corrected chi connectivity index (χ4v) is 3.09. The minimum absolute atomic E-state index is 0.0685. The summed E-state index contributed by atoms with van der Waals surface area (Å²) in [5.41, 5.74) is 2.64. The maximum absolute atomic E-state index is 12.3. The smallest absolute Gasteiger partial charge is 0.291 e. The van der Waals surface area contributed by atoms with Gasteiger partial charge < -0.3 is 14.6 Å². The van der Waals surface area contributed by atoms with Crippen molar-refractivity contribution in [3.63, 3.8) is 0 Å². The molecule has 0 atom stereocenters. The number of carbonyl (C=O) groups excluding carboxylic acids is 1. The summed E-state index contributed by atoms with van der Waals surface area (Å²) >= 11 is 0. The van der Waals surface area contributed by atoms with E-state index >= 15 is 0 Å². The minimum Gasteiger partial charge on any atom is -0.438 e. The van der Waals surface area contributed by atoms with Crippen molar-refractivity contribution < 1.29 is 17.6 Å². The first-order valence-corrected chi connectivity index (χ1v) is 9.51. The molecule has 25 heavy (non-hydrogen) atoms. The lowest BCUT2D eigenvalue weighted by molar-refractivity contribution is 0.0991. The number of sulfonamides is 1. The monoisotopic (exact) mass is 365 g/mol. The Morgan fingerprint density at radius 3 is 2.40 bits per heavy atom. The van der Waals surface area contributed by atoms with Crippen molar-refractivity contribution in [3.8, 4) is 0 Å². The van der Waals surface area contributed by atoms with Gasteiger partial charge in [-0.1, -0.05) is 0 Å². The van der Waals surface area contributed by atoms with E-state index in [1.165, 1.54) is 19.2 Å². The minimum atomic E-state index is -3.72. The number of nitrogens with one attached hydrogen (secondary N) is 2. The summed E-state index contributed by atoms with van der Waals surface area (Å²) in [7, 11) is -2.44. The molecular weight excluding hydrogens is 342 g/mol.